The van der Waals surface area contributed by atoms with E-state index in [2.05, 4.69) is 0 Å². The monoisotopic (exact) mass is 135 g/mol. The van der Waals surface area contributed by atoms with Gasteiger partial charge >= 0.3 is 0 Å². The number of halogens is 1. The topological polar surface area (TPSA) is 23.8 Å². The summed E-state index contributed by atoms with van der Waals surface area (Å²) in [4.78, 5) is 0. The molecule has 1 atom stereocenters. The lowest BCUT2D eigenvalue weighted by atomic mass is 10.1. The minimum absolute atomic E-state index is 0.421. The molecule has 1 aromatic rings. The first kappa shape index (κ1) is 6.76. The van der Waals surface area contributed by atoms with Gasteiger partial charge < -0.3 is 0 Å². The molecule has 10 heavy (non-hydrogen) atoms. The zero-order chi connectivity index (χ0) is 7.40. The second-order valence-electron chi connectivity index (χ2n) is 1.90. The predicted molar refractivity (Wildman–Crippen MR) is 35.9 cm³/mol. The van der Waals surface area contributed by atoms with E-state index in [9.17, 15) is 4.39 Å². The van der Waals surface area contributed by atoms with Gasteiger partial charge in [0.2, 0.25) is 6.17 Å². The van der Waals surface area contributed by atoms with Crippen LogP contribution in [-0.2, 0) is 0 Å². The van der Waals surface area contributed by atoms with Crippen molar-refractivity contribution in [2.75, 3.05) is 0 Å². The molecule has 0 heterocycles. The molecule has 0 amide bonds. The van der Waals surface area contributed by atoms with Crippen molar-refractivity contribution in [3.8, 4) is 6.07 Å². The zero-order valence-corrected chi connectivity index (χ0v) is 5.29. The van der Waals surface area contributed by atoms with Crippen molar-refractivity contribution in [1.29, 1.82) is 5.26 Å². The van der Waals surface area contributed by atoms with E-state index in [1.165, 1.54) is 6.07 Å². The molecular formula is C8H6FN. The second kappa shape index (κ2) is 2.98. The first-order valence-corrected chi connectivity index (χ1v) is 2.93. The van der Waals surface area contributed by atoms with Crippen molar-refractivity contribution < 1.29 is 4.39 Å². The SMILES string of the molecule is N#C[C@H](F)c1ccccc1. The van der Waals surface area contributed by atoms with Gasteiger partial charge in [-0.15, -0.1) is 0 Å². The molecule has 2 heteroatoms. The van der Waals surface area contributed by atoms with E-state index >= 15 is 0 Å². The van der Waals surface area contributed by atoms with Crippen molar-refractivity contribution in [2.45, 2.75) is 6.17 Å². The van der Waals surface area contributed by atoms with Crippen LogP contribution in [-0.4, -0.2) is 0 Å². The van der Waals surface area contributed by atoms with Gasteiger partial charge in [-0.1, -0.05) is 30.3 Å². The molecule has 1 aromatic carbocycles. The smallest absolute Gasteiger partial charge is 0.211 e. The molecule has 0 aliphatic rings. The van der Waals surface area contributed by atoms with Crippen LogP contribution in [0.1, 0.15) is 11.7 Å². The Morgan fingerprint density at radius 1 is 1.30 bits per heavy atom. The van der Waals surface area contributed by atoms with Crippen LogP contribution >= 0.6 is 0 Å². The van der Waals surface area contributed by atoms with Gasteiger partial charge in [-0.3, -0.25) is 0 Å². The number of hydrogen-bond donors (Lipinski definition) is 0. The van der Waals surface area contributed by atoms with Gasteiger partial charge in [0.25, 0.3) is 0 Å². The van der Waals surface area contributed by atoms with Crippen molar-refractivity contribution in [3.05, 3.63) is 35.9 Å². The molecule has 0 aliphatic heterocycles. The summed E-state index contributed by atoms with van der Waals surface area (Å²) in [7, 11) is 0. The van der Waals surface area contributed by atoms with Gasteiger partial charge in [-0.2, -0.15) is 5.26 Å². The van der Waals surface area contributed by atoms with Crippen LogP contribution in [0.2, 0.25) is 0 Å². The van der Waals surface area contributed by atoms with E-state index in [1.54, 1.807) is 30.3 Å². The van der Waals surface area contributed by atoms with E-state index in [0.29, 0.717) is 5.56 Å². The van der Waals surface area contributed by atoms with E-state index < -0.39 is 6.17 Å². The highest BCUT2D eigenvalue weighted by atomic mass is 19.1. The Morgan fingerprint density at radius 2 is 1.90 bits per heavy atom. The van der Waals surface area contributed by atoms with Crippen LogP contribution in [0.25, 0.3) is 0 Å². The molecule has 50 valence electrons. The van der Waals surface area contributed by atoms with Crippen LogP contribution in [0.5, 0.6) is 0 Å². The van der Waals surface area contributed by atoms with Crippen molar-refractivity contribution >= 4 is 0 Å². The summed E-state index contributed by atoms with van der Waals surface area (Å²) < 4.78 is 12.5. The van der Waals surface area contributed by atoms with Gasteiger partial charge in [0.05, 0.1) is 0 Å². The predicted octanol–water partition coefficient (Wildman–Crippen LogP) is 2.22. The third-order valence-electron chi connectivity index (χ3n) is 1.21. The average Bonchev–Trinajstić information content (AvgIpc) is 2.05. The van der Waals surface area contributed by atoms with Crippen LogP contribution in [0, 0.1) is 11.3 Å². The summed E-state index contributed by atoms with van der Waals surface area (Å²) in [6, 6.07) is 9.90. The van der Waals surface area contributed by atoms with Crippen molar-refractivity contribution in [1.82, 2.24) is 0 Å². The molecule has 0 aliphatic carbocycles. The minimum Gasteiger partial charge on any atom is -0.226 e. The van der Waals surface area contributed by atoms with Gasteiger partial charge in [-0.05, 0) is 0 Å². The maximum Gasteiger partial charge on any atom is 0.211 e. The second-order valence-corrected chi connectivity index (χ2v) is 1.90. The average molecular weight is 135 g/mol. The maximum absolute atomic E-state index is 12.5. The Hall–Kier alpha value is -1.36. The van der Waals surface area contributed by atoms with Crippen LogP contribution in [0.15, 0.2) is 30.3 Å². The number of benzene rings is 1. The fraction of sp³-hybridized carbons (Fsp3) is 0.125. The van der Waals surface area contributed by atoms with E-state index in [1.807, 2.05) is 0 Å². The maximum atomic E-state index is 12.5. The number of hydrogen-bond acceptors (Lipinski definition) is 1. The summed E-state index contributed by atoms with van der Waals surface area (Å²) in [5.74, 6) is 0. The largest absolute Gasteiger partial charge is 0.226 e. The molecule has 0 radical (unpaired) electrons. The van der Waals surface area contributed by atoms with Gasteiger partial charge in [0, 0.05) is 5.56 Å². The quantitative estimate of drug-likeness (QED) is 0.579. The molecule has 0 fully saturated rings. The van der Waals surface area contributed by atoms with Gasteiger partial charge in [0.1, 0.15) is 6.07 Å². The van der Waals surface area contributed by atoms with Crippen LogP contribution in [0.3, 0.4) is 0 Å². The summed E-state index contributed by atoms with van der Waals surface area (Å²) >= 11 is 0. The molecule has 0 unspecified atom stereocenters. The van der Waals surface area contributed by atoms with E-state index in [-0.39, 0.29) is 0 Å². The zero-order valence-electron chi connectivity index (χ0n) is 5.29. The number of nitriles is 1. The Labute approximate surface area is 58.7 Å². The van der Waals surface area contributed by atoms with Crippen molar-refractivity contribution in [2.24, 2.45) is 0 Å². The Kier molecular flexibility index (Phi) is 2.01. The molecule has 0 aromatic heterocycles. The molecule has 0 saturated carbocycles. The normalized spacial score (nSPS) is 12.0. The highest BCUT2D eigenvalue weighted by Gasteiger charge is 2.04. The van der Waals surface area contributed by atoms with Gasteiger partial charge in [-0.25, -0.2) is 4.39 Å². The minimum atomic E-state index is -1.48. The fourth-order valence-electron chi connectivity index (χ4n) is 0.697. The fourth-order valence-corrected chi connectivity index (χ4v) is 0.697. The lowest BCUT2D eigenvalue weighted by Gasteiger charge is -1.95. The van der Waals surface area contributed by atoms with Gasteiger partial charge in [0.15, 0.2) is 0 Å². The van der Waals surface area contributed by atoms with Crippen LogP contribution in [0.4, 0.5) is 4.39 Å². The van der Waals surface area contributed by atoms with E-state index in [0.717, 1.165) is 0 Å². The highest BCUT2D eigenvalue weighted by Crippen LogP contribution is 2.14. The first-order chi connectivity index (χ1) is 4.84. The van der Waals surface area contributed by atoms with Crippen molar-refractivity contribution in [3.63, 3.8) is 0 Å². The highest BCUT2D eigenvalue weighted by molar-refractivity contribution is 5.21. The lowest BCUT2D eigenvalue weighted by Crippen LogP contribution is -1.84. The standard InChI is InChI=1S/C8H6FN/c9-8(6-10)7-4-2-1-3-5-7/h1-5,8H/t8-/m0/s1. The molecule has 1 rings (SSSR count). The third kappa shape index (κ3) is 1.32. The summed E-state index contributed by atoms with van der Waals surface area (Å²) in [5.41, 5.74) is 0.421. The Morgan fingerprint density at radius 3 is 2.40 bits per heavy atom. The summed E-state index contributed by atoms with van der Waals surface area (Å²) in [6.45, 7) is 0. The number of rotatable bonds is 1. The number of alkyl halides is 1. The molecule has 1 nitrogen and oxygen atoms in total. The molecule has 0 saturated heterocycles. The number of nitrogens with zero attached hydrogens (tertiary/aromatic N) is 1. The molecule has 0 spiro atoms. The lowest BCUT2D eigenvalue weighted by molar-refractivity contribution is 0.424. The first-order valence-electron chi connectivity index (χ1n) is 2.93. The Bertz CT molecular complexity index is 237. The summed E-state index contributed by atoms with van der Waals surface area (Å²) in [6.07, 6.45) is -1.48. The molecule has 0 N–H and O–H groups in total. The molecular weight excluding hydrogens is 129 g/mol. The Balaban J connectivity index is 2.88. The molecule has 0 bridgehead atoms. The van der Waals surface area contributed by atoms with E-state index in [4.69, 9.17) is 5.26 Å². The third-order valence-corrected chi connectivity index (χ3v) is 1.21. The van der Waals surface area contributed by atoms with Crippen LogP contribution < -0.4 is 0 Å². The summed E-state index contributed by atoms with van der Waals surface area (Å²) in [5, 5.41) is 8.16.